The van der Waals surface area contributed by atoms with E-state index in [2.05, 4.69) is 22.5 Å². The van der Waals surface area contributed by atoms with Crippen molar-refractivity contribution in [2.45, 2.75) is 70.1 Å². The third-order valence-corrected chi connectivity index (χ3v) is 7.12. The van der Waals surface area contributed by atoms with E-state index < -0.39 is 0 Å². The molecule has 172 valence electrons. The van der Waals surface area contributed by atoms with E-state index in [0.29, 0.717) is 6.04 Å². The molecule has 32 heavy (non-hydrogen) atoms. The van der Waals surface area contributed by atoms with Gasteiger partial charge in [-0.15, -0.1) is 0 Å². The largest absolute Gasteiger partial charge is 0.469 e. The van der Waals surface area contributed by atoms with Crippen LogP contribution in [-0.4, -0.2) is 58.4 Å². The quantitative estimate of drug-likeness (QED) is 0.711. The Morgan fingerprint density at radius 2 is 2.03 bits per heavy atom. The number of methoxy groups -OCH3 is 1. The van der Waals surface area contributed by atoms with E-state index in [9.17, 15) is 4.79 Å². The molecule has 0 bridgehead atoms. The van der Waals surface area contributed by atoms with Gasteiger partial charge in [0.15, 0.2) is 5.65 Å². The fourth-order valence-electron chi connectivity index (χ4n) is 5.16. The summed E-state index contributed by atoms with van der Waals surface area (Å²) in [5, 5.41) is 13.8. The molecule has 1 saturated carbocycles. The van der Waals surface area contributed by atoms with E-state index >= 15 is 0 Å². The van der Waals surface area contributed by atoms with Crippen molar-refractivity contribution in [2.75, 3.05) is 25.6 Å². The van der Waals surface area contributed by atoms with Crippen LogP contribution >= 0.6 is 0 Å². The summed E-state index contributed by atoms with van der Waals surface area (Å²) in [5.74, 6) is -0.161. The molecule has 1 aliphatic carbocycles. The number of aryl methyl sites for hydroxylation is 1. The predicted molar refractivity (Wildman–Crippen MR) is 120 cm³/mol. The minimum Gasteiger partial charge on any atom is -0.469 e. The van der Waals surface area contributed by atoms with Gasteiger partial charge in [-0.25, -0.2) is 9.67 Å². The summed E-state index contributed by atoms with van der Waals surface area (Å²) in [5.41, 5.74) is 3.46. The van der Waals surface area contributed by atoms with Crippen molar-refractivity contribution in [1.82, 2.24) is 14.8 Å². The minimum absolute atomic E-state index is 0.0399. The van der Waals surface area contributed by atoms with Crippen LogP contribution in [0, 0.1) is 5.92 Å². The van der Waals surface area contributed by atoms with Crippen molar-refractivity contribution in [3.05, 3.63) is 18.0 Å². The summed E-state index contributed by atoms with van der Waals surface area (Å²) in [4.78, 5) is 22.7. The summed E-state index contributed by atoms with van der Waals surface area (Å²) >= 11 is 0. The van der Waals surface area contributed by atoms with Gasteiger partial charge < -0.3 is 19.6 Å². The maximum Gasteiger partial charge on any atom is 0.308 e. The third-order valence-electron chi connectivity index (χ3n) is 7.12. The van der Waals surface area contributed by atoms with Gasteiger partial charge in [0.25, 0.3) is 0 Å². The Labute approximate surface area is 187 Å². The molecule has 0 aromatic carbocycles. The van der Waals surface area contributed by atoms with E-state index in [0.717, 1.165) is 92.7 Å². The average molecular weight is 442 g/mol. The molecule has 3 aliphatic rings. The molecule has 4 heterocycles. The Morgan fingerprint density at radius 3 is 2.75 bits per heavy atom. The highest BCUT2D eigenvalue weighted by atomic mass is 16.7. The third kappa shape index (κ3) is 3.83. The Bertz CT molecular complexity index is 1020. The summed E-state index contributed by atoms with van der Waals surface area (Å²) in [6.45, 7) is 4.37. The second-order valence-electron chi connectivity index (χ2n) is 9.06. The van der Waals surface area contributed by atoms with Gasteiger partial charge in [-0.3, -0.25) is 4.79 Å². The maximum absolute atomic E-state index is 11.9. The predicted octanol–water partition coefficient (Wildman–Crippen LogP) is 3.27. The summed E-state index contributed by atoms with van der Waals surface area (Å²) in [6.07, 6.45) is 9.58. The second kappa shape index (κ2) is 8.69. The van der Waals surface area contributed by atoms with Gasteiger partial charge in [-0.05, 0) is 45.4 Å². The summed E-state index contributed by atoms with van der Waals surface area (Å²) in [6, 6.07) is 0.338. The first-order valence-electron chi connectivity index (χ1n) is 11.6. The van der Waals surface area contributed by atoms with Crippen LogP contribution in [0.2, 0.25) is 0 Å². The number of carbonyl (C=O) groups excluding carboxylic acids is 1. The number of nitrogens with zero attached hydrogens (tertiary/aromatic N) is 4. The first-order chi connectivity index (χ1) is 15.6. The highest BCUT2D eigenvalue weighted by molar-refractivity contribution is 6.10. The number of hydrogen-bond donors (Lipinski definition) is 1. The summed E-state index contributed by atoms with van der Waals surface area (Å²) in [7, 11) is 1.46. The van der Waals surface area contributed by atoms with Crippen molar-refractivity contribution in [2.24, 2.45) is 11.1 Å². The van der Waals surface area contributed by atoms with E-state index in [1.165, 1.54) is 7.11 Å². The van der Waals surface area contributed by atoms with Crippen molar-refractivity contribution in [1.29, 1.82) is 0 Å². The zero-order valence-corrected chi connectivity index (χ0v) is 18.8. The van der Waals surface area contributed by atoms with Crippen LogP contribution in [0.15, 0.2) is 17.5 Å². The molecule has 9 heteroatoms. The number of nitrogens with one attached hydrogen (secondary N) is 1. The van der Waals surface area contributed by atoms with E-state index in [1.807, 2.05) is 17.1 Å². The van der Waals surface area contributed by atoms with Crippen molar-refractivity contribution < 1.29 is 19.1 Å². The normalized spacial score (nSPS) is 26.2. The number of aromatic nitrogens is 3. The molecule has 1 N–H and O–H groups in total. The van der Waals surface area contributed by atoms with Crippen LogP contribution in [0.4, 0.5) is 5.69 Å². The number of pyridine rings is 1. The molecule has 0 amide bonds. The number of oxime groups is 1. The standard InChI is InChI=1S/C23H31N5O4/c1-3-28-21-18(14-25-28)20(26-16-6-10-31-11-7-16)17(13-24-21)19-12-23(32-27-19)8-4-15(5-9-23)22(29)30-2/h13-16H,3-12H2,1-2H3,(H,24,26). The second-order valence-corrected chi connectivity index (χ2v) is 9.06. The van der Waals surface area contributed by atoms with Crippen LogP contribution in [0.3, 0.4) is 0 Å². The van der Waals surface area contributed by atoms with Gasteiger partial charge in [0.05, 0.1) is 36.0 Å². The minimum atomic E-state index is -0.335. The molecule has 2 fully saturated rings. The molecule has 2 aromatic rings. The Hall–Kier alpha value is -2.68. The van der Waals surface area contributed by atoms with Crippen LogP contribution in [-0.2, 0) is 25.7 Å². The molecule has 0 atom stereocenters. The van der Waals surface area contributed by atoms with Crippen LogP contribution in [0.1, 0.15) is 57.4 Å². The first kappa shape index (κ1) is 21.2. The lowest BCUT2D eigenvalue weighted by Gasteiger charge is -2.33. The Balaban J connectivity index is 1.41. The number of anilines is 1. The van der Waals surface area contributed by atoms with Gasteiger partial charge in [-0.1, -0.05) is 5.16 Å². The molecule has 0 radical (unpaired) electrons. The van der Waals surface area contributed by atoms with Gasteiger partial charge >= 0.3 is 5.97 Å². The highest BCUT2D eigenvalue weighted by Gasteiger charge is 2.44. The molecule has 1 spiro atoms. The zero-order valence-electron chi connectivity index (χ0n) is 18.8. The topological polar surface area (TPSA) is 99.9 Å². The number of esters is 1. The maximum atomic E-state index is 11.9. The van der Waals surface area contributed by atoms with E-state index in [4.69, 9.17) is 19.3 Å². The molecule has 2 aromatic heterocycles. The first-order valence-corrected chi connectivity index (χ1v) is 11.6. The van der Waals surface area contributed by atoms with E-state index in [1.54, 1.807) is 0 Å². The highest BCUT2D eigenvalue weighted by Crippen LogP contribution is 2.43. The number of carbonyl (C=O) groups is 1. The van der Waals surface area contributed by atoms with Crippen molar-refractivity contribution in [3.8, 4) is 0 Å². The number of ether oxygens (including phenoxy) is 2. The lowest BCUT2D eigenvalue weighted by molar-refractivity contribution is -0.149. The van der Waals surface area contributed by atoms with Crippen LogP contribution in [0.25, 0.3) is 11.0 Å². The monoisotopic (exact) mass is 441 g/mol. The molecule has 1 saturated heterocycles. The molecule has 9 nitrogen and oxygen atoms in total. The van der Waals surface area contributed by atoms with Crippen molar-refractivity contribution in [3.63, 3.8) is 0 Å². The lowest BCUT2D eigenvalue weighted by Crippen LogP contribution is -2.36. The van der Waals surface area contributed by atoms with Gasteiger partial charge in [0, 0.05) is 44.0 Å². The van der Waals surface area contributed by atoms with Gasteiger partial charge in [0.2, 0.25) is 0 Å². The zero-order chi connectivity index (χ0) is 22.1. The van der Waals surface area contributed by atoms with Crippen molar-refractivity contribution >= 4 is 28.4 Å². The molecular formula is C23H31N5O4. The number of fused-ring (bicyclic) bond motifs is 1. The fourth-order valence-corrected chi connectivity index (χ4v) is 5.16. The average Bonchev–Trinajstić information content (AvgIpc) is 3.44. The Morgan fingerprint density at radius 1 is 1.25 bits per heavy atom. The lowest BCUT2D eigenvalue weighted by atomic mass is 9.76. The van der Waals surface area contributed by atoms with E-state index in [-0.39, 0.29) is 17.5 Å². The fraction of sp³-hybridized carbons (Fsp3) is 0.652. The van der Waals surface area contributed by atoms with Crippen LogP contribution < -0.4 is 5.32 Å². The van der Waals surface area contributed by atoms with Crippen LogP contribution in [0.5, 0.6) is 0 Å². The van der Waals surface area contributed by atoms with Gasteiger partial charge in [-0.2, -0.15) is 5.10 Å². The molecule has 5 rings (SSSR count). The SMILES string of the molecule is CCn1ncc2c(NC3CCOCC3)c(C3=NOC4(CCC(C(=O)OC)CC4)C3)cnc21. The molecule has 0 unspecified atom stereocenters. The smallest absolute Gasteiger partial charge is 0.308 e. The Kier molecular flexibility index (Phi) is 5.75. The number of rotatable bonds is 5. The molecule has 2 aliphatic heterocycles. The van der Waals surface area contributed by atoms with Gasteiger partial charge in [0.1, 0.15) is 5.60 Å². The number of hydrogen-bond acceptors (Lipinski definition) is 8. The molecular weight excluding hydrogens is 410 g/mol. The summed E-state index contributed by atoms with van der Waals surface area (Å²) < 4.78 is 12.4.